The minimum absolute atomic E-state index is 0.128. The van der Waals surface area contributed by atoms with Crippen molar-refractivity contribution in [2.45, 2.75) is 45.7 Å². The Labute approximate surface area is 199 Å². The van der Waals surface area contributed by atoms with Crippen LogP contribution in [0.15, 0.2) is 84.9 Å². The lowest BCUT2D eigenvalue weighted by Crippen LogP contribution is -2.42. The van der Waals surface area contributed by atoms with Gasteiger partial charge in [0.25, 0.3) is 0 Å². The van der Waals surface area contributed by atoms with Gasteiger partial charge in [0.2, 0.25) is 5.91 Å². The first-order valence-corrected chi connectivity index (χ1v) is 12.4. The van der Waals surface area contributed by atoms with E-state index in [4.69, 9.17) is 0 Å². The van der Waals surface area contributed by atoms with Crippen LogP contribution in [0.2, 0.25) is 0 Å². The van der Waals surface area contributed by atoms with Crippen LogP contribution in [0.4, 0.5) is 0 Å². The molecule has 3 nitrogen and oxygen atoms in total. The van der Waals surface area contributed by atoms with Gasteiger partial charge < -0.3 is 4.90 Å². The molecule has 0 radical (unpaired) electrons. The highest BCUT2D eigenvalue weighted by Crippen LogP contribution is 2.23. The van der Waals surface area contributed by atoms with Gasteiger partial charge in [-0.25, -0.2) is 0 Å². The molecule has 1 aliphatic rings. The molecule has 0 atom stereocenters. The molecule has 0 unspecified atom stereocenters. The van der Waals surface area contributed by atoms with Crippen LogP contribution < -0.4 is 0 Å². The van der Waals surface area contributed by atoms with Crippen molar-refractivity contribution in [1.29, 1.82) is 0 Å². The average molecular weight is 441 g/mol. The molecule has 0 saturated carbocycles. The molecular weight excluding hydrogens is 404 g/mol. The summed E-state index contributed by atoms with van der Waals surface area (Å²) in [4.78, 5) is 18.2. The zero-order chi connectivity index (χ0) is 22.9. The molecule has 172 valence electrons. The van der Waals surface area contributed by atoms with Crippen molar-refractivity contribution in [3.63, 3.8) is 0 Å². The molecule has 1 heterocycles. The van der Waals surface area contributed by atoms with E-state index in [2.05, 4.69) is 89.5 Å². The molecule has 1 fully saturated rings. The molecule has 1 saturated heterocycles. The van der Waals surface area contributed by atoms with Crippen molar-refractivity contribution in [3.8, 4) is 0 Å². The number of piperidine rings is 1. The molecule has 0 aromatic heterocycles. The first-order valence-electron chi connectivity index (χ1n) is 12.4. The number of aryl methyl sites for hydroxylation is 1. The number of nitrogens with zero attached hydrogens (tertiary/aromatic N) is 2. The number of carbonyl (C=O) groups excluding carboxylic acids is 1. The summed E-state index contributed by atoms with van der Waals surface area (Å²) in [5, 5.41) is 0. The van der Waals surface area contributed by atoms with E-state index in [9.17, 15) is 4.79 Å². The molecule has 0 aliphatic carbocycles. The Morgan fingerprint density at radius 1 is 0.788 bits per heavy atom. The fourth-order valence-electron chi connectivity index (χ4n) is 4.71. The highest BCUT2D eigenvalue weighted by atomic mass is 16.2. The lowest BCUT2D eigenvalue weighted by atomic mass is 9.94. The van der Waals surface area contributed by atoms with Gasteiger partial charge in [-0.1, -0.05) is 91.9 Å². The zero-order valence-electron chi connectivity index (χ0n) is 19.8. The van der Waals surface area contributed by atoms with Gasteiger partial charge in [-0.3, -0.25) is 9.69 Å². The molecule has 4 rings (SSSR count). The summed E-state index contributed by atoms with van der Waals surface area (Å²) in [6.45, 7) is 6.61. The van der Waals surface area contributed by atoms with Gasteiger partial charge in [0.1, 0.15) is 0 Å². The van der Waals surface area contributed by atoms with E-state index in [-0.39, 0.29) is 5.92 Å². The maximum absolute atomic E-state index is 13.6. The van der Waals surface area contributed by atoms with Crippen LogP contribution >= 0.6 is 0 Å². The summed E-state index contributed by atoms with van der Waals surface area (Å²) in [6, 6.07) is 29.9. The number of rotatable bonds is 9. The molecule has 3 aromatic rings. The summed E-state index contributed by atoms with van der Waals surface area (Å²) in [5.74, 6) is 0.449. The van der Waals surface area contributed by atoms with Gasteiger partial charge in [-0.05, 0) is 61.0 Å². The number of benzene rings is 3. The van der Waals surface area contributed by atoms with E-state index in [1.165, 1.54) is 22.3 Å². The maximum atomic E-state index is 13.6. The Balaban J connectivity index is 1.35. The second-order valence-corrected chi connectivity index (χ2v) is 9.20. The van der Waals surface area contributed by atoms with E-state index in [0.29, 0.717) is 12.5 Å². The van der Waals surface area contributed by atoms with Crippen molar-refractivity contribution >= 4 is 5.91 Å². The summed E-state index contributed by atoms with van der Waals surface area (Å²) in [7, 11) is 0. The summed E-state index contributed by atoms with van der Waals surface area (Å²) in [5.41, 5.74) is 5.24. The van der Waals surface area contributed by atoms with E-state index in [1.54, 1.807) is 0 Å². The number of hydrogen-bond donors (Lipinski definition) is 0. The van der Waals surface area contributed by atoms with E-state index in [0.717, 1.165) is 51.9 Å². The van der Waals surface area contributed by atoms with Crippen LogP contribution in [0.5, 0.6) is 0 Å². The molecule has 0 spiro atoms. The first-order chi connectivity index (χ1) is 16.2. The molecule has 0 bridgehead atoms. The number of carbonyl (C=O) groups is 1. The van der Waals surface area contributed by atoms with Crippen LogP contribution in [0.1, 0.15) is 42.0 Å². The van der Waals surface area contributed by atoms with Crippen molar-refractivity contribution < 1.29 is 4.79 Å². The molecule has 0 N–H and O–H groups in total. The largest absolute Gasteiger partial charge is 0.338 e. The van der Waals surface area contributed by atoms with E-state index >= 15 is 0 Å². The average Bonchev–Trinajstić information content (AvgIpc) is 2.88. The second-order valence-electron chi connectivity index (χ2n) is 9.20. The number of amides is 1. The third kappa shape index (κ3) is 6.79. The predicted molar refractivity (Wildman–Crippen MR) is 136 cm³/mol. The van der Waals surface area contributed by atoms with Gasteiger partial charge in [0, 0.05) is 25.6 Å². The maximum Gasteiger partial charge on any atom is 0.226 e. The SMILES string of the molecule is CCc1ccc(CN2CCC(C(=O)N(CCc3ccccc3)Cc3ccccc3)CC2)cc1. The van der Waals surface area contributed by atoms with Gasteiger partial charge in [-0.2, -0.15) is 0 Å². The Hall–Kier alpha value is -2.91. The van der Waals surface area contributed by atoms with Crippen molar-refractivity contribution in [2.24, 2.45) is 5.92 Å². The van der Waals surface area contributed by atoms with Crippen molar-refractivity contribution in [1.82, 2.24) is 9.80 Å². The smallest absolute Gasteiger partial charge is 0.226 e. The van der Waals surface area contributed by atoms with Gasteiger partial charge in [0.15, 0.2) is 0 Å². The fourth-order valence-corrected chi connectivity index (χ4v) is 4.71. The van der Waals surface area contributed by atoms with Crippen LogP contribution in [-0.4, -0.2) is 35.3 Å². The second kappa shape index (κ2) is 11.8. The van der Waals surface area contributed by atoms with Crippen LogP contribution in [0.25, 0.3) is 0 Å². The van der Waals surface area contributed by atoms with Crippen LogP contribution in [0, 0.1) is 5.92 Å². The third-order valence-electron chi connectivity index (χ3n) is 6.82. The summed E-state index contributed by atoms with van der Waals surface area (Å²) >= 11 is 0. The molecular formula is C30H36N2O. The Morgan fingerprint density at radius 2 is 1.36 bits per heavy atom. The Morgan fingerprint density at radius 3 is 1.97 bits per heavy atom. The van der Waals surface area contributed by atoms with Crippen LogP contribution in [-0.2, 0) is 30.7 Å². The molecule has 1 aliphatic heterocycles. The minimum Gasteiger partial charge on any atom is -0.338 e. The normalized spacial score (nSPS) is 14.8. The molecule has 1 amide bonds. The van der Waals surface area contributed by atoms with E-state index in [1.807, 2.05) is 12.1 Å². The highest BCUT2D eigenvalue weighted by Gasteiger charge is 2.28. The van der Waals surface area contributed by atoms with Gasteiger partial charge in [0.05, 0.1) is 0 Å². The lowest BCUT2D eigenvalue weighted by molar-refractivity contribution is -0.137. The highest BCUT2D eigenvalue weighted by molar-refractivity contribution is 5.79. The summed E-state index contributed by atoms with van der Waals surface area (Å²) < 4.78 is 0. The molecule has 3 heteroatoms. The summed E-state index contributed by atoms with van der Waals surface area (Å²) in [6.07, 6.45) is 3.87. The molecule has 33 heavy (non-hydrogen) atoms. The van der Waals surface area contributed by atoms with E-state index < -0.39 is 0 Å². The zero-order valence-corrected chi connectivity index (χ0v) is 19.8. The first kappa shape index (κ1) is 23.3. The standard InChI is InChI=1S/C30H36N2O/c1-2-25-13-15-28(16-14-25)23-31-20-18-29(19-21-31)30(33)32(24-27-11-7-4-8-12-27)22-17-26-9-5-3-6-10-26/h3-16,29H,2,17-24H2,1H3. The number of hydrogen-bond acceptors (Lipinski definition) is 2. The Kier molecular flexibility index (Phi) is 8.32. The van der Waals surface area contributed by atoms with Gasteiger partial charge in [-0.15, -0.1) is 0 Å². The quantitative estimate of drug-likeness (QED) is 0.424. The Bertz CT molecular complexity index is 977. The topological polar surface area (TPSA) is 23.6 Å². The predicted octanol–water partition coefficient (Wildman–Crippen LogP) is 5.73. The van der Waals surface area contributed by atoms with Crippen LogP contribution in [0.3, 0.4) is 0 Å². The minimum atomic E-state index is 0.128. The fraction of sp³-hybridized carbons (Fsp3) is 0.367. The number of likely N-dealkylation sites (tertiary alicyclic amines) is 1. The lowest BCUT2D eigenvalue weighted by Gasteiger charge is -2.34. The third-order valence-corrected chi connectivity index (χ3v) is 6.82. The van der Waals surface area contributed by atoms with Crippen molar-refractivity contribution in [3.05, 3.63) is 107 Å². The molecule has 3 aromatic carbocycles. The van der Waals surface area contributed by atoms with Crippen molar-refractivity contribution in [2.75, 3.05) is 19.6 Å². The van der Waals surface area contributed by atoms with Gasteiger partial charge >= 0.3 is 0 Å². The monoisotopic (exact) mass is 440 g/mol.